The van der Waals surface area contributed by atoms with E-state index in [9.17, 15) is 18.9 Å². The molecule has 104 valence electrons. The molecule has 0 amide bonds. The second kappa shape index (κ2) is 6.05. The number of pyridine rings is 1. The number of halogens is 2. The minimum absolute atomic E-state index is 0.289. The van der Waals surface area contributed by atoms with E-state index >= 15 is 0 Å². The van der Waals surface area contributed by atoms with Crippen molar-refractivity contribution in [3.8, 4) is 0 Å². The van der Waals surface area contributed by atoms with E-state index in [4.69, 9.17) is 0 Å². The first-order valence-corrected chi connectivity index (χ1v) is 5.84. The average molecular weight is 279 g/mol. The molecular formula is C13H11F2N3O2. The number of rotatable bonds is 5. The van der Waals surface area contributed by atoms with Crippen molar-refractivity contribution < 1.29 is 13.7 Å². The lowest BCUT2D eigenvalue weighted by Gasteiger charge is -2.08. The molecule has 2 aromatic rings. The fourth-order valence-corrected chi connectivity index (χ4v) is 1.71. The number of aromatic nitrogens is 1. The van der Waals surface area contributed by atoms with Gasteiger partial charge >= 0.3 is 0 Å². The summed E-state index contributed by atoms with van der Waals surface area (Å²) in [5.41, 5.74) is -0.0555. The van der Waals surface area contributed by atoms with Crippen LogP contribution in [0.5, 0.6) is 0 Å². The summed E-state index contributed by atoms with van der Waals surface area (Å²) in [5.74, 6) is -1.97. The molecule has 0 radical (unpaired) electrons. The molecule has 1 aromatic carbocycles. The van der Waals surface area contributed by atoms with Gasteiger partial charge in [-0.3, -0.25) is 15.1 Å². The SMILES string of the molecule is O=[N+]([O-])c1cc(F)c(NCCc2cccnc2)c(F)c1. The number of nitrogens with zero attached hydrogens (tertiary/aromatic N) is 2. The zero-order valence-electron chi connectivity index (χ0n) is 10.3. The van der Waals surface area contributed by atoms with E-state index in [0.29, 0.717) is 18.6 Å². The van der Waals surface area contributed by atoms with E-state index < -0.39 is 22.2 Å². The van der Waals surface area contributed by atoms with Gasteiger partial charge in [0.2, 0.25) is 0 Å². The molecule has 0 bridgehead atoms. The Balaban J connectivity index is 2.05. The second-order valence-corrected chi connectivity index (χ2v) is 4.08. The Labute approximate surface area is 113 Å². The quantitative estimate of drug-likeness (QED) is 0.675. The number of anilines is 1. The molecule has 0 unspecified atom stereocenters. The Morgan fingerprint density at radius 2 is 2.00 bits per heavy atom. The molecule has 0 atom stereocenters. The van der Waals surface area contributed by atoms with Gasteiger partial charge in [-0.15, -0.1) is 0 Å². The van der Waals surface area contributed by atoms with Crippen LogP contribution in [0.3, 0.4) is 0 Å². The Hall–Kier alpha value is -2.57. The maximum Gasteiger partial charge on any atom is 0.275 e. The number of nitrogens with one attached hydrogen (secondary N) is 1. The molecule has 0 spiro atoms. The van der Waals surface area contributed by atoms with Gasteiger partial charge in [0.15, 0.2) is 11.6 Å². The minimum Gasteiger partial charge on any atom is -0.380 e. The molecule has 0 saturated heterocycles. The summed E-state index contributed by atoms with van der Waals surface area (Å²) in [7, 11) is 0. The molecule has 1 aromatic heterocycles. The highest BCUT2D eigenvalue weighted by Gasteiger charge is 2.16. The number of non-ortho nitro benzene ring substituents is 1. The molecule has 0 aliphatic heterocycles. The van der Waals surface area contributed by atoms with Crippen molar-refractivity contribution >= 4 is 11.4 Å². The fourth-order valence-electron chi connectivity index (χ4n) is 1.71. The van der Waals surface area contributed by atoms with Crippen LogP contribution in [-0.4, -0.2) is 16.5 Å². The van der Waals surface area contributed by atoms with Crippen molar-refractivity contribution in [2.45, 2.75) is 6.42 Å². The molecule has 2 rings (SSSR count). The highest BCUT2D eigenvalue weighted by atomic mass is 19.1. The Kier molecular flexibility index (Phi) is 4.19. The van der Waals surface area contributed by atoms with E-state index in [1.54, 1.807) is 18.5 Å². The second-order valence-electron chi connectivity index (χ2n) is 4.08. The lowest BCUT2D eigenvalue weighted by molar-refractivity contribution is -0.385. The van der Waals surface area contributed by atoms with Crippen molar-refractivity contribution in [1.82, 2.24) is 4.98 Å². The zero-order valence-corrected chi connectivity index (χ0v) is 10.3. The first-order valence-electron chi connectivity index (χ1n) is 5.84. The van der Waals surface area contributed by atoms with Crippen molar-refractivity contribution in [3.63, 3.8) is 0 Å². The van der Waals surface area contributed by atoms with Gasteiger partial charge in [0.1, 0.15) is 5.69 Å². The largest absolute Gasteiger partial charge is 0.380 e. The van der Waals surface area contributed by atoms with Gasteiger partial charge < -0.3 is 5.32 Å². The predicted molar refractivity (Wildman–Crippen MR) is 69.4 cm³/mol. The zero-order chi connectivity index (χ0) is 14.5. The van der Waals surface area contributed by atoms with Crippen LogP contribution in [0.2, 0.25) is 0 Å². The molecule has 1 N–H and O–H groups in total. The summed E-state index contributed by atoms with van der Waals surface area (Å²) in [4.78, 5) is 13.5. The third-order valence-electron chi connectivity index (χ3n) is 2.68. The molecule has 0 aliphatic carbocycles. The molecule has 20 heavy (non-hydrogen) atoms. The fraction of sp³-hybridized carbons (Fsp3) is 0.154. The van der Waals surface area contributed by atoms with Gasteiger partial charge in [0.05, 0.1) is 17.1 Å². The number of hydrogen-bond acceptors (Lipinski definition) is 4. The van der Waals surface area contributed by atoms with E-state index in [-0.39, 0.29) is 12.2 Å². The number of nitro groups is 1. The van der Waals surface area contributed by atoms with Gasteiger partial charge in [-0.25, -0.2) is 8.78 Å². The summed E-state index contributed by atoms with van der Waals surface area (Å²) in [6.45, 7) is 0.289. The van der Waals surface area contributed by atoms with E-state index in [2.05, 4.69) is 10.3 Å². The topological polar surface area (TPSA) is 68.1 Å². The van der Waals surface area contributed by atoms with Gasteiger partial charge in [-0.05, 0) is 18.1 Å². The average Bonchev–Trinajstić information content (AvgIpc) is 2.42. The summed E-state index contributed by atoms with van der Waals surface area (Å²) >= 11 is 0. The molecular weight excluding hydrogens is 268 g/mol. The van der Waals surface area contributed by atoms with Gasteiger partial charge in [0, 0.05) is 18.9 Å². The summed E-state index contributed by atoms with van der Waals surface area (Å²) in [6.07, 6.45) is 3.82. The van der Waals surface area contributed by atoms with E-state index in [1.807, 2.05) is 6.07 Å². The molecule has 0 fully saturated rings. The predicted octanol–water partition coefficient (Wildman–Crippen LogP) is 2.92. The van der Waals surface area contributed by atoms with Crippen LogP contribution in [0.25, 0.3) is 0 Å². The first kappa shape index (κ1) is 13.9. The smallest absolute Gasteiger partial charge is 0.275 e. The number of nitro benzene ring substituents is 1. The van der Waals surface area contributed by atoms with Crippen LogP contribution in [0.4, 0.5) is 20.2 Å². The van der Waals surface area contributed by atoms with Crippen molar-refractivity contribution in [2.24, 2.45) is 0 Å². The van der Waals surface area contributed by atoms with Gasteiger partial charge in [0.25, 0.3) is 5.69 Å². The summed E-state index contributed by atoms with van der Waals surface area (Å²) in [6, 6.07) is 4.99. The Morgan fingerprint density at radius 1 is 1.30 bits per heavy atom. The van der Waals surface area contributed by atoms with Crippen LogP contribution >= 0.6 is 0 Å². The lowest BCUT2D eigenvalue weighted by atomic mass is 10.2. The molecule has 0 saturated carbocycles. The first-order chi connectivity index (χ1) is 9.58. The monoisotopic (exact) mass is 279 g/mol. The standard InChI is InChI=1S/C13H11F2N3O2/c14-11-6-10(18(19)20)7-12(15)13(11)17-5-3-9-2-1-4-16-8-9/h1-2,4,6-8,17H,3,5H2. The maximum absolute atomic E-state index is 13.6. The minimum atomic E-state index is -0.983. The van der Waals surface area contributed by atoms with Gasteiger partial charge in [-0.1, -0.05) is 6.07 Å². The highest BCUT2D eigenvalue weighted by Crippen LogP contribution is 2.24. The molecule has 5 nitrogen and oxygen atoms in total. The van der Waals surface area contributed by atoms with Crippen LogP contribution in [0, 0.1) is 21.7 Å². The van der Waals surface area contributed by atoms with Crippen molar-refractivity contribution in [2.75, 3.05) is 11.9 Å². The molecule has 7 heteroatoms. The van der Waals surface area contributed by atoms with Crippen LogP contribution < -0.4 is 5.32 Å². The maximum atomic E-state index is 13.6. The van der Waals surface area contributed by atoms with Crippen molar-refractivity contribution in [3.05, 3.63) is 64.0 Å². The van der Waals surface area contributed by atoms with Gasteiger partial charge in [-0.2, -0.15) is 0 Å². The number of benzene rings is 1. The Bertz CT molecular complexity index is 597. The summed E-state index contributed by atoms with van der Waals surface area (Å²) in [5, 5.41) is 13.1. The molecule has 1 heterocycles. The van der Waals surface area contributed by atoms with Crippen LogP contribution in [-0.2, 0) is 6.42 Å². The van der Waals surface area contributed by atoms with Crippen LogP contribution in [0.15, 0.2) is 36.7 Å². The third kappa shape index (κ3) is 3.25. The van der Waals surface area contributed by atoms with Crippen LogP contribution in [0.1, 0.15) is 5.56 Å². The van der Waals surface area contributed by atoms with E-state index in [1.165, 1.54) is 0 Å². The normalized spacial score (nSPS) is 10.3. The van der Waals surface area contributed by atoms with Crippen molar-refractivity contribution in [1.29, 1.82) is 0 Å². The Morgan fingerprint density at radius 3 is 2.55 bits per heavy atom. The number of hydrogen-bond donors (Lipinski definition) is 1. The third-order valence-corrected chi connectivity index (χ3v) is 2.68. The highest BCUT2D eigenvalue weighted by molar-refractivity contribution is 5.51. The summed E-state index contributed by atoms with van der Waals surface area (Å²) < 4.78 is 27.2. The van der Waals surface area contributed by atoms with E-state index in [0.717, 1.165) is 5.56 Å². The molecule has 0 aliphatic rings. The lowest BCUT2D eigenvalue weighted by Crippen LogP contribution is -2.08.